The standard InChI is InChI=1S/C20H17N3O2/c1-3-24-20-16(12-14-8-4-5-10-17(14)21-20)18-22-19(25-23-18)15-9-6-7-13(2)11-15/h4-12H,3H2,1-2H3. The fraction of sp³-hybridized carbons (Fsp3) is 0.150. The molecule has 4 aromatic rings. The Balaban J connectivity index is 1.82. The Labute approximate surface area is 145 Å². The molecule has 0 atom stereocenters. The average Bonchev–Trinajstić information content (AvgIpc) is 3.11. The third-order valence-corrected chi connectivity index (χ3v) is 3.90. The first-order chi connectivity index (χ1) is 12.2. The molecule has 5 nitrogen and oxygen atoms in total. The Morgan fingerprint density at radius 3 is 2.72 bits per heavy atom. The van der Waals surface area contributed by atoms with Crippen molar-refractivity contribution in [3.63, 3.8) is 0 Å². The van der Waals surface area contributed by atoms with Crippen LogP contribution in [-0.4, -0.2) is 21.7 Å². The van der Waals surface area contributed by atoms with Crippen molar-refractivity contribution in [3.05, 3.63) is 60.2 Å². The zero-order valence-corrected chi connectivity index (χ0v) is 14.1. The Hall–Kier alpha value is -3.21. The SMILES string of the molecule is CCOc1nc2ccccc2cc1-c1noc(-c2cccc(C)c2)n1. The average molecular weight is 331 g/mol. The number of para-hydroxylation sites is 1. The minimum atomic E-state index is 0.471. The van der Waals surface area contributed by atoms with Crippen LogP contribution in [0.3, 0.4) is 0 Å². The van der Waals surface area contributed by atoms with Crippen LogP contribution in [0.15, 0.2) is 59.1 Å². The van der Waals surface area contributed by atoms with E-state index in [9.17, 15) is 0 Å². The second-order valence-electron chi connectivity index (χ2n) is 5.76. The van der Waals surface area contributed by atoms with Crippen molar-refractivity contribution in [1.82, 2.24) is 15.1 Å². The number of aromatic nitrogens is 3. The van der Waals surface area contributed by atoms with Crippen LogP contribution in [-0.2, 0) is 0 Å². The summed E-state index contributed by atoms with van der Waals surface area (Å²) in [4.78, 5) is 9.14. The second kappa shape index (κ2) is 6.36. The monoisotopic (exact) mass is 331 g/mol. The van der Waals surface area contributed by atoms with Gasteiger partial charge in [0.25, 0.3) is 5.89 Å². The minimum Gasteiger partial charge on any atom is -0.477 e. The van der Waals surface area contributed by atoms with Crippen LogP contribution < -0.4 is 4.74 Å². The summed E-state index contributed by atoms with van der Waals surface area (Å²) in [6.07, 6.45) is 0. The molecular weight excluding hydrogens is 314 g/mol. The van der Waals surface area contributed by atoms with E-state index in [1.807, 2.05) is 68.4 Å². The molecule has 0 saturated carbocycles. The highest BCUT2D eigenvalue weighted by Crippen LogP contribution is 2.31. The summed E-state index contributed by atoms with van der Waals surface area (Å²) in [6.45, 7) is 4.47. The van der Waals surface area contributed by atoms with Crippen molar-refractivity contribution in [1.29, 1.82) is 0 Å². The molecule has 0 bridgehead atoms. The topological polar surface area (TPSA) is 61.0 Å². The molecule has 0 aliphatic heterocycles. The van der Waals surface area contributed by atoms with Crippen LogP contribution in [0.2, 0.25) is 0 Å². The summed E-state index contributed by atoms with van der Waals surface area (Å²) in [5.41, 5.74) is 3.63. The first-order valence-corrected chi connectivity index (χ1v) is 8.18. The van der Waals surface area contributed by atoms with Crippen LogP contribution in [0.1, 0.15) is 12.5 Å². The summed E-state index contributed by atoms with van der Waals surface area (Å²) < 4.78 is 11.2. The first kappa shape index (κ1) is 15.3. The molecule has 0 radical (unpaired) electrons. The lowest BCUT2D eigenvalue weighted by atomic mass is 10.1. The molecule has 4 rings (SSSR count). The molecule has 0 unspecified atom stereocenters. The van der Waals surface area contributed by atoms with E-state index in [1.54, 1.807) is 0 Å². The van der Waals surface area contributed by atoms with E-state index in [0.717, 1.165) is 27.6 Å². The van der Waals surface area contributed by atoms with Gasteiger partial charge in [-0.05, 0) is 38.1 Å². The fourth-order valence-corrected chi connectivity index (χ4v) is 2.73. The predicted molar refractivity (Wildman–Crippen MR) is 96.4 cm³/mol. The van der Waals surface area contributed by atoms with Gasteiger partial charge in [-0.15, -0.1) is 0 Å². The number of hydrogen-bond acceptors (Lipinski definition) is 5. The van der Waals surface area contributed by atoms with Gasteiger partial charge in [-0.3, -0.25) is 0 Å². The summed E-state index contributed by atoms with van der Waals surface area (Å²) in [5, 5.41) is 5.14. The Kier molecular flexibility index (Phi) is 3.90. The van der Waals surface area contributed by atoms with Gasteiger partial charge in [-0.25, -0.2) is 4.98 Å². The van der Waals surface area contributed by atoms with E-state index in [1.165, 1.54) is 0 Å². The van der Waals surface area contributed by atoms with Gasteiger partial charge >= 0.3 is 0 Å². The quantitative estimate of drug-likeness (QED) is 0.544. The van der Waals surface area contributed by atoms with E-state index < -0.39 is 0 Å². The van der Waals surface area contributed by atoms with Crippen LogP contribution in [0, 0.1) is 6.92 Å². The molecule has 2 aromatic carbocycles. The zero-order valence-electron chi connectivity index (χ0n) is 14.1. The van der Waals surface area contributed by atoms with Gasteiger partial charge in [0.15, 0.2) is 0 Å². The summed E-state index contributed by atoms with van der Waals surface area (Å²) in [5.74, 6) is 1.46. The van der Waals surface area contributed by atoms with E-state index in [2.05, 4.69) is 15.1 Å². The third-order valence-electron chi connectivity index (χ3n) is 3.90. The molecule has 0 fully saturated rings. The minimum absolute atomic E-state index is 0.471. The smallest absolute Gasteiger partial charge is 0.258 e. The molecule has 0 saturated heterocycles. The fourth-order valence-electron chi connectivity index (χ4n) is 2.73. The molecule has 0 aliphatic carbocycles. The maximum Gasteiger partial charge on any atom is 0.258 e. The molecule has 25 heavy (non-hydrogen) atoms. The van der Waals surface area contributed by atoms with Crippen LogP contribution >= 0.6 is 0 Å². The van der Waals surface area contributed by atoms with Crippen molar-refractivity contribution in [2.75, 3.05) is 6.61 Å². The molecule has 0 spiro atoms. The first-order valence-electron chi connectivity index (χ1n) is 8.18. The van der Waals surface area contributed by atoms with E-state index in [0.29, 0.717) is 24.2 Å². The van der Waals surface area contributed by atoms with E-state index >= 15 is 0 Å². The van der Waals surface area contributed by atoms with Gasteiger partial charge in [0.2, 0.25) is 11.7 Å². The summed E-state index contributed by atoms with van der Waals surface area (Å²) in [7, 11) is 0. The Morgan fingerprint density at radius 2 is 1.88 bits per heavy atom. The van der Waals surface area contributed by atoms with Crippen molar-refractivity contribution < 1.29 is 9.26 Å². The molecule has 124 valence electrons. The van der Waals surface area contributed by atoms with E-state index in [-0.39, 0.29) is 0 Å². The van der Waals surface area contributed by atoms with Gasteiger partial charge in [-0.1, -0.05) is 41.1 Å². The number of aryl methyl sites for hydroxylation is 1. The van der Waals surface area contributed by atoms with Gasteiger partial charge in [0.1, 0.15) is 0 Å². The molecule has 2 heterocycles. The molecular formula is C20H17N3O2. The largest absolute Gasteiger partial charge is 0.477 e. The number of nitrogens with zero attached hydrogens (tertiary/aromatic N) is 3. The third kappa shape index (κ3) is 2.96. The number of hydrogen-bond donors (Lipinski definition) is 0. The second-order valence-corrected chi connectivity index (χ2v) is 5.76. The van der Waals surface area contributed by atoms with Crippen LogP contribution in [0.5, 0.6) is 5.88 Å². The van der Waals surface area contributed by atoms with Crippen LogP contribution in [0.25, 0.3) is 33.7 Å². The van der Waals surface area contributed by atoms with Crippen molar-refractivity contribution in [2.45, 2.75) is 13.8 Å². The number of rotatable bonds is 4. The van der Waals surface area contributed by atoms with Gasteiger partial charge < -0.3 is 9.26 Å². The number of benzene rings is 2. The molecule has 0 N–H and O–H groups in total. The maximum atomic E-state index is 5.70. The summed E-state index contributed by atoms with van der Waals surface area (Å²) in [6, 6.07) is 17.8. The molecule has 0 amide bonds. The highest BCUT2D eigenvalue weighted by molar-refractivity contribution is 5.85. The van der Waals surface area contributed by atoms with Crippen molar-refractivity contribution >= 4 is 10.9 Å². The lowest BCUT2D eigenvalue weighted by Gasteiger charge is -2.08. The normalized spacial score (nSPS) is 11.0. The van der Waals surface area contributed by atoms with Crippen molar-refractivity contribution in [2.24, 2.45) is 0 Å². The van der Waals surface area contributed by atoms with Gasteiger partial charge in [-0.2, -0.15) is 4.98 Å². The highest BCUT2D eigenvalue weighted by atomic mass is 16.5. The number of ether oxygens (including phenoxy) is 1. The Bertz CT molecular complexity index is 1040. The zero-order chi connectivity index (χ0) is 17.2. The predicted octanol–water partition coefficient (Wildman–Crippen LogP) is 4.66. The van der Waals surface area contributed by atoms with Crippen molar-refractivity contribution in [3.8, 4) is 28.7 Å². The molecule has 0 aliphatic rings. The lowest BCUT2D eigenvalue weighted by Crippen LogP contribution is -1.98. The lowest BCUT2D eigenvalue weighted by molar-refractivity contribution is 0.329. The van der Waals surface area contributed by atoms with Crippen LogP contribution in [0.4, 0.5) is 0 Å². The highest BCUT2D eigenvalue weighted by Gasteiger charge is 2.17. The molecule has 2 aromatic heterocycles. The van der Waals surface area contributed by atoms with Gasteiger partial charge in [0.05, 0.1) is 17.7 Å². The van der Waals surface area contributed by atoms with E-state index in [4.69, 9.17) is 9.26 Å². The number of pyridine rings is 1. The Morgan fingerprint density at radius 1 is 1.00 bits per heavy atom. The number of fused-ring (bicyclic) bond motifs is 1. The summed E-state index contributed by atoms with van der Waals surface area (Å²) >= 11 is 0. The van der Waals surface area contributed by atoms with Gasteiger partial charge in [0, 0.05) is 10.9 Å². The molecule has 5 heteroatoms. The maximum absolute atomic E-state index is 5.70.